The van der Waals surface area contributed by atoms with Gasteiger partial charge in [0, 0.05) is 6.42 Å². The highest BCUT2D eigenvalue weighted by Gasteiger charge is 2.25. The van der Waals surface area contributed by atoms with Gasteiger partial charge >= 0.3 is 12.2 Å². The van der Waals surface area contributed by atoms with Crippen molar-refractivity contribution < 1.29 is 23.8 Å². The van der Waals surface area contributed by atoms with Gasteiger partial charge in [0.2, 0.25) is 0 Å². The molecule has 2 atom stereocenters. The van der Waals surface area contributed by atoms with E-state index < -0.39 is 17.8 Å². The summed E-state index contributed by atoms with van der Waals surface area (Å²) in [5.41, 5.74) is -0.534. The molecule has 0 fully saturated rings. The molecular formula is C13H21NO5. The maximum absolute atomic E-state index is 11.5. The molecule has 0 spiro atoms. The summed E-state index contributed by atoms with van der Waals surface area (Å²) in [6, 6.07) is -0.200. The fraction of sp³-hybridized carbons (Fsp3) is 0.692. The van der Waals surface area contributed by atoms with Gasteiger partial charge in [0.25, 0.3) is 0 Å². The first-order chi connectivity index (χ1) is 8.80. The van der Waals surface area contributed by atoms with Crippen LogP contribution in [-0.4, -0.2) is 36.6 Å². The van der Waals surface area contributed by atoms with Gasteiger partial charge in [0.15, 0.2) is 0 Å². The first-order valence-electron chi connectivity index (χ1n) is 6.31. The molecule has 0 aromatic carbocycles. The van der Waals surface area contributed by atoms with E-state index in [4.69, 9.17) is 9.47 Å². The van der Waals surface area contributed by atoms with Crippen LogP contribution in [0.1, 0.15) is 34.1 Å². The van der Waals surface area contributed by atoms with E-state index in [1.54, 1.807) is 39.8 Å². The Kier molecular flexibility index (Phi) is 5.20. The zero-order valence-electron chi connectivity index (χ0n) is 11.8. The van der Waals surface area contributed by atoms with Crippen molar-refractivity contribution in [3.8, 4) is 0 Å². The molecule has 0 unspecified atom stereocenters. The zero-order valence-corrected chi connectivity index (χ0v) is 11.8. The average Bonchev–Trinajstić information content (AvgIpc) is 2.62. The smallest absolute Gasteiger partial charge is 0.444 e. The van der Waals surface area contributed by atoms with E-state index in [0.29, 0.717) is 6.42 Å². The third kappa shape index (κ3) is 6.13. The Morgan fingerprint density at radius 2 is 2.00 bits per heavy atom. The Labute approximate surface area is 113 Å². The van der Waals surface area contributed by atoms with Crippen molar-refractivity contribution in [2.75, 3.05) is 6.61 Å². The van der Waals surface area contributed by atoms with Crippen LogP contribution < -0.4 is 5.32 Å². The standard InChI is InChI=1S/C13H21NO5/c1-5-17-12(16)18-10-7-6-9(8-10)14-11(15)19-13(2,3)4/h6-7,9-10H,5,8H2,1-4H3,(H,14,15)/t9-,10+/m0/s1. The summed E-state index contributed by atoms with van der Waals surface area (Å²) in [7, 11) is 0. The van der Waals surface area contributed by atoms with Gasteiger partial charge in [-0.25, -0.2) is 9.59 Å². The number of carbonyl (C=O) groups is 2. The fourth-order valence-corrected chi connectivity index (χ4v) is 1.59. The van der Waals surface area contributed by atoms with Gasteiger partial charge in [0.1, 0.15) is 11.7 Å². The molecule has 1 rings (SSSR count). The van der Waals surface area contributed by atoms with Gasteiger partial charge in [-0.2, -0.15) is 0 Å². The molecule has 1 N–H and O–H groups in total. The molecule has 0 bridgehead atoms. The molecule has 6 heteroatoms. The first-order valence-corrected chi connectivity index (χ1v) is 6.31. The van der Waals surface area contributed by atoms with E-state index in [0.717, 1.165) is 0 Å². The van der Waals surface area contributed by atoms with Crippen molar-refractivity contribution in [3.05, 3.63) is 12.2 Å². The predicted octanol–water partition coefficient (Wildman–Crippen LogP) is 2.38. The minimum Gasteiger partial charge on any atom is -0.444 e. The second-order valence-corrected chi connectivity index (χ2v) is 5.21. The molecule has 0 aliphatic heterocycles. The van der Waals surface area contributed by atoms with Crippen molar-refractivity contribution in [2.24, 2.45) is 0 Å². The number of carbonyl (C=O) groups excluding carboxylic acids is 2. The summed E-state index contributed by atoms with van der Waals surface area (Å²) in [6.45, 7) is 7.37. The van der Waals surface area contributed by atoms with Crippen molar-refractivity contribution in [1.29, 1.82) is 0 Å². The molecule has 0 aromatic heterocycles. The summed E-state index contributed by atoms with van der Waals surface area (Å²) in [5.74, 6) is 0. The van der Waals surface area contributed by atoms with Crippen molar-refractivity contribution in [1.82, 2.24) is 5.32 Å². The minimum atomic E-state index is -0.699. The van der Waals surface area contributed by atoms with Gasteiger partial charge in [-0.15, -0.1) is 0 Å². The number of alkyl carbamates (subject to hydrolysis) is 1. The molecule has 108 valence electrons. The Morgan fingerprint density at radius 3 is 2.58 bits per heavy atom. The molecule has 19 heavy (non-hydrogen) atoms. The van der Waals surface area contributed by atoms with Gasteiger partial charge < -0.3 is 19.5 Å². The molecule has 0 radical (unpaired) electrons. The van der Waals surface area contributed by atoms with Gasteiger partial charge in [-0.05, 0) is 33.8 Å². The number of amides is 1. The van der Waals surface area contributed by atoms with E-state index in [-0.39, 0.29) is 18.8 Å². The van der Waals surface area contributed by atoms with E-state index in [9.17, 15) is 9.59 Å². The lowest BCUT2D eigenvalue weighted by Crippen LogP contribution is -2.38. The van der Waals surface area contributed by atoms with E-state index in [1.165, 1.54) is 0 Å². The number of nitrogens with one attached hydrogen (secondary N) is 1. The zero-order chi connectivity index (χ0) is 14.5. The highest BCUT2D eigenvalue weighted by atomic mass is 16.7. The van der Waals surface area contributed by atoms with Gasteiger partial charge in [-0.3, -0.25) is 0 Å². The maximum atomic E-state index is 11.5. The van der Waals surface area contributed by atoms with E-state index in [1.807, 2.05) is 0 Å². The van der Waals surface area contributed by atoms with Crippen LogP contribution in [0.3, 0.4) is 0 Å². The maximum Gasteiger partial charge on any atom is 0.508 e. The van der Waals surface area contributed by atoms with Crippen LogP contribution in [-0.2, 0) is 14.2 Å². The third-order valence-corrected chi connectivity index (χ3v) is 2.26. The molecule has 0 heterocycles. The van der Waals surface area contributed by atoms with Crippen LogP contribution in [0.15, 0.2) is 12.2 Å². The number of hydrogen-bond acceptors (Lipinski definition) is 5. The van der Waals surface area contributed by atoms with Crippen LogP contribution >= 0.6 is 0 Å². The summed E-state index contributed by atoms with van der Waals surface area (Å²) < 4.78 is 14.8. The van der Waals surface area contributed by atoms with Gasteiger partial charge in [-0.1, -0.05) is 6.08 Å². The first kappa shape index (κ1) is 15.3. The van der Waals surface area contributed by atoms with E-state index >= 15 is 0 Å². The topological polar surface area (TPSA) is 73.9 Å². The lowest BCUT2D eigenvalue weighted by Gasteiger charge is -2.21. The van der Waals surface area contributed by atoms with Crippen LogP contribution in [0.5, 0.6) is 0 Å². The largest absolute Gasteiger partial charge is 0.508 e. The summed E-state index contributed by atoms with van der Waals surface area (Å²) >= 11 is 0. The average molecular weight is 271 g/mol. The summed E-state index contributed by atoms with van der Waals surface area (Å²) in [4.78, 5) is 22.7. The molecule has 0 saturated heterocycles. The Morgan fingerprint density at radius 1 is 1.32 bits per heavy atom. The van der Waals surface area contributed by atoms with Crippen molar-refractivity contribution >= 4 is 12.2 Å². The Hall–Kier alpha value is -1.72. The Bertz CT molecular complexity index is 359. The lowest BCUT2D eigenvalue weighted by atomic mass is 10.2. The molecule has 6 nitrogen and oxygen atoms in total. The van der Waals surface area contributed by atoms with Crippen molar-refractivity contribution in [2.45, 2.75) is 51.9 Å². The monoisotopic (exact) mass is 271 g/mol. The SMILES string of the molecule is CCOC(=O)O[C@@H]1C=C[C@H](NC(=O)OC(C)(C)C)C1. The second-order valence-electron chi connectivity index (χ2n) is 5.21. The minimum absolute atomic E-state index is 0.200. The van der Waals surface area contributed by atoms with Gasteiger partial charge in [0.05, 0.1) is 12.6 Å². The second kappa shape index (κ2) is 6.45. The van der Waals surface area contributed by atoms with Crippen LogP contribution in [0.25, 0.3) is 0 Å². The number of hydrogen-bond donors (Lipinski definition) is 1. The summed E-state index contributed by atoms with van der Waals surface area (Å²) in [6.07, 6.45) is 2.41. The molecule has 1 aliphatic carbocycles. The van der Waals surface area contributed by atoms with E-state index in [2.05, 4.69) is 10.1 Å². The van der Waals surface area contributed by atoms with Crippen molar-refractivity contribution in [3.63, 3.8) is 0 Å². The highest BCUT2D eigenvalue weighted by molar-refractivity contribution is 5.68. The predicted molar refractivity (Wildman–Crippen MR) is 68.8 cm³/mol. The van der Waals surface area contributed by atoms with Crippen LogP contribution in [0.4, 0.5) is 9.59 Å². The third-order valence-electron chi connectivity index (χ3n) is 2.26. The summed E-state index contributed by atoms with van der Waals surface area (Å²) in [5, 5.41) is 2.69. The number of rotatable bonds is 3. The van der Waals surface area contributed by atoms with Crippen LogP contribution in [0.2, 0.25) is 0 Å². The van der Waals surface area contributed by atoms with Crippen LogP contribution in [0, 0.1) is 0 Å². The molecule has 1 amide bonds. The molecule has 0 saturated carbocycles. The quantitative estimate of drug-likeness (QED) is 0.630. The lowest BCUT2D eigenvalue weighted by molar-refractivity contribution is 0.0376. The highest BCUT2D eigenvalue weighted by Crippen LogP contribution is 2.16. The molecule has 1 aliphatic rings. The molecular weight excluding hydrogens is 250 g/mol. The fourth-order valence-electron chi connectivity index (χ4n) is 1.59. The number of ether oxygens (including phenoxy) is 3. The normalized spacial score (nSPS) is 21.9. The Balaban J connectivity index is 2.31. The molecule has 0 aromatic rings.